The van der Waals surface area contributed by atoms with Gasteiger partial charge in [0, 0.05) is 27.4 Å². The SMILES string of the molecule is CC(=O)OCC(CCCCN(C)C(=O)CNCC(=O)O)OC(C)=O. The molecule has 0 fully saturated rings. The summed E-state index contributed by atoms with van der Waals surface area (Å²) >= 11 is 0. The Hall–Kier alpha value is -2.16. The first-order valence-corrected chi connectivity index (χ1v) is 7.69. The molecule has 1 amide bonds. The first kappa shape index (κ1) is 21.8. The van der Waals surface area contributed by atoms with Crippen molar-refractivity contribution in [1.29, 1.82) is 0 Å². The van der Waals surface area contributed by atoms with Crippen LogP contribution in [0, 0.1) is 0 Å². The Bertz CT molecular complexity index is 440. The fourth-order valence-corrected chi connectivity index (χ4v) is 1.88. The van der Waals surface area contributed by atoms with Gasteiger partial charge in [0.25, 0.3) is 0 Å². The highest BCUT2D eigenvalue weighted by Gasteiger charge is 2.14. The number of hydrogen-bond donors (Lipinski definition) is 2. The van der Waals surface area contributed by atoms with E-state index in [-0.39, 0.29) is 25.6 Å². The molecule has 1 atom stereocenters. The second-order valence-corrected chi connectivity index (χ2v) is 5.34. The molecule has 24 heavy (non-hydrogen) atoms. The van der Waals surface area contributed by atoms with E-state index in [0.717, 1.165) is 0 Å². The number of ether oxygens (including phenoxy) is 2. The quantitative estimate of drug-likeness (QED) is 0.367. The summed E-state index contributed by atoms with van der Waals surface area (Å²) in [4.78, 5) is 45.4. The van der Waals surface area contributed by atoms with E-state index in [9.17, 15) is 19.2 Å². The highest BCUT2D eigenvalue weighted by molar-refractivity contribution is 5.78. The minimum absolute atomic E-state index is 0.0167. The maximum Gasteiger partial charge on any atom is 0.317 e. The summed E-state index contributed by atoms with van der Waals surface area (Å²) in [5, 5.41) is 11.0. The lowest BCUT2D eigenvalue weighted by Crippen LogP contribution is -2.37. The van der Waals surface area contributed by atoms with Crippen LogP contribution in [-0.4, -0.2) is 73.2 Å². The maximum absolute atomic E-state index is 11.7. The minimum atomic E-state index is -1.02. The summed E-state index contributed by atoms with van der Waals surface area (Å²) in [6.45, 7) is 2.78. The number of likely N-dealkylation sites (N-methyl/N-ethyl adjacent to an activating group) is 1. The third-order valence-corrected chi connectivity index (χ3v) is 3.05. The van der Waals surface area contributed by atoms with Gasteiger partial charge < -0.3 is 19.5 Å². The summed E-state index contributed by atoms with van der Waals surface area (Å²) in [5.74, 6) is -2.10. The Morgan fingerprint density at radius 3 is 2.29 bits per heavy atom. The molecule has 0 heterocycles. The van der Waals surface area contributed by atoms with Gasteiger partial charge in [-0.25, -0.2) is 0 Å². The monoisotopic (exact) mass is 346 g/mol. The van der Waals surface area contributed by atoms with Gasteiger partial charge in [-0.3, -0.25) is 24.5 Å². The van der Waals surface area contributed by atoms with E-state index < -0.39 is 24.0 Å². The smallest absolute Gasteiger partial charge is 0.317 e. The van der Waals surface area contributed by atoms with Crippen LogP contribution in [0.4, 0.5) is 0 Å². The number of unbranched alkanes of at least 4 members (excludes halogenated alkanes) is 1. The molecule has 0 aliphatic heterocycles. The van der Waals surface area contributed by atoms with E-state index in [1.165, 1.54) is 18.7 Å². The molecule has 0 rings (SSSR count). The molecule has 0 aromatic rings. The summed E-state index contributed by atoms with van der Waals surface area (Å²) < 4.78 is 9.92. The fraction of sp³-hybridized carbons (Fsp3) is 0.733. The summed E-state index contributed by atoms with van der Waals surface area (Å²) in [5.41, 5.74) is 0. The van der Waals surface area contributed by atoms with E-state index in [0.29, 0.717) is 25.8 Å². The van der Waals surface area contributed by atoms with Crippen LogP contribution < -0.4 is 5.32 Å². The number of rotatable bonds is 12. The van der Waals surface area contributed by atoms with Crippen molar-refractivity contribution < 1.29 is 33.8 Å². The van der Waals surface area contributed by atoms with Crippen molar-refractivity contribution >= 4 is 23.8 Å². The Balaban J connectivity index is 3.99. The number of esters is 2. The lowest BCUT2D eigenvalue weighted by atomic mass is 10.1. The predicted molar refractivity (Wildman–Crippen MR) is 84.2 cm³/mol. The molecule has 9 nitrogen and oxygen atoms in total. The van der Waals surface area contributed by atoms with Crippen molar-refractivity contribution in [3.63, 3.8) is 0 Å². The van der Waals surface area contributed by atoms with Crippen LogP contribution >= 0.6 is 0 Å². The Kier molecular flexibility index (Phi) is 11.2. The first-order valence-electron chi connectivity index (χ1n) is 7.69. The molecule has 0 bridgehead atoms. The van der Waals surface area contributed by atoms with E-state index in [2.05, 4.69) is 5.32 Å². The number of nitrogens with one attached hydrogen (secondary N) is 1. The number of carboxylic acids is 1. The van der Waals surface area contributed by atoms with Gasteiger partial charge in [-0.2, -0.15) is 0 Å². The van der Waals surface area contributed by atoms with E-state index in [1.54, 1.807) is 7.05 Å². The third kappa shape index (κ3) is 12.4. The average Bonchev–Trinajstić information content (AvgIpc) is 2.47. The molecule has 0 saturated heterocycles. The number of carbonyl (C=O) groups is 4. The molecule has 0 aliphatic rings. The van der Waals surface area contributed by atoms with E-state index in [4.69, 9.17) is 14.6 Å². The molecule has 138 valence electrons. The number of aliphatic carboxylic acids is 1. The molecule has 0 aromatic carbocycles. The number of carbonyl (C=O) groups excluding carboxylic acids is 3. The van der Waals surface area contributed by atoms with Crippen LogP contribution in [0.5, 0.6) is 0 Å². The van der Waals surface area contributed by atoms with Crippen LogP contribution in [0.2, 0.25) is 0 Å². The second kappa shape index (κ2) is 12.3. The van der Waals surface area contributed by atoms with Crippen molar-refractivity contribution in [2.75, 3.05) is 33.3 Å². The normalized spacial score (nSPS) is 11.5. The van der Waals surface area contributed by atoms with Crippen LogP contribution in [0.3, 0.4) is 0 Å². The van der Waals surface area contributed by atoms with Crippen molar-refractivity contribution in [1.82, 2.24) is 10.2 Å². The minimum Gasteiger partial charge on any atom is -0.480 e. The third-order valence-electron chi connectivity index (χ3n) is 3.05. The number of carboxylic acid groups (broad SMARTS) is 1. The van der Waals surface area contributed by atoms with Gasteiger partial charge in [-0.15, -0.1) is 0 Å². The molecule has 2 N–H and O–H groups in total. The van der Waals surface area contributed by atoms with Crippen LogP contribution in [-0.2, 0) is 28.7 Å². The summed E-state index contributed by atoms with van der Waals surface area (Å²) in [6.07, 6.45) is 1.38. The lowest BCUT2D eigenvalue weighted by molar-refractivity contribution is -0.156. The Morgan fingerprint density at radius 2 is 1.75 bits per heavy atom. The Labute approximate surface area is 141 Å². The van der Waals surface area contributed by atoms with Crippen molar-refractivity contribution in [3.8, 4) is 0 Å². The van der Waals surface area contributed by atoms with Gasteiger partial charge in [0.15, 0.2) is 0 Å². The fourth-order valence-electron chi connectivity index (χ4n) is 1.88. The number of nitrogens with zero attached hydrogens (tertiary/aromatic N) is 1. The topological polar surface area (TPSA) is 122 Å². The zero-order chi connectivity index (χ0) is 18.5. The van der Waals surface area contributed by atoms with Crippen LogP contribution in [0.1, 0.15) is 33.1 Å². The molecule has 0 saturated carbocycles. The van der Waals surface area contributed by atoms with Crippen LogP contribution in [0.15, 0.2) is 0 Å². The van der Waals surface area contributed by atoms with Crippen molar-refractivity contribution in [3.05, 3.63) is 0 Å². The highest BCUT2D eigenvalue weighted by atomic mass is 16.6. The largest absolute Gasteiger partial charge is 0.480 e. The van der Waals surface area contributed by atoms with Gasteiger partial charge in [0.1, 0.15) is 12.7 Å². The highest BCUT2D eigenvalue weighted by Crippen LogP contribution is 2.07. The first-order chi connectivity index (χ1) is 11.2. The molecular formula is C15H26N2O7. The molecule has 9 heteroatoms. The van der Waals surface area contributed by atoms with E-state index in [1.807, 2.05) is 0 Å². The summed E-state index contributed by atoms with van der Waals surface area (Å²) in [6, 6.07) is 0. The molecule has 0 aromatic heterocycles. The maximum atomic E-state index is 11.7. The molecule has 1 unspecified atom stereocenters. The Morgan fingerprint density at radius 1 is 1.08 bits per heavy atom. The van der Waals surface area contributed by atoms with Gasteiger partial charge in [-0.1, -0.05) is 0 Å². The zero-order valence-electron chi connectivity index (χ0n) is 14.4. The average molecular weight is 346 g/mol. The standard InChI is InChI=1S/C15H26N2O7/c1-11(18)23-10-13(24-12(2)19)6-4-5-7-17(3)14(20)8-16-9-15(21)22/h13,16H,4-10H2,1-3H3,(H,21,22). The molecule has 0 radical (unpaired) electrons. The van der Waals surface area contributed by atoms with Crippen molar-refractivity contribution in [2.45, 2.75) is 39.2 Å². The van der Waals surface area contributed by atoms with E-state index >= 15 is 0 Å². The van der Waals surface area contributed by atoms with Crippen molar-refractivity contribution in [2.24, 2.45) is 0 Å². The second-order valence-electron chi connectivity index (χ2n) is 5.34. The summed E-state index contributed by atoms with van der Waals surface area (Å²) in [7, 11) is 1.63. The van der Waals surface area contributed by atoms with Gasteiger partial charge in [0.05, 0.1) is 13.1 Å². The molecule has 0 spiro atoms. The predicted octanol–water partition coefficient (Wildman–Crippen LogP) is -0.216. The molecule has 0 aliphatic carbocycles. The zero-order valence-corrected chi connectivity index (χ0v) is 14.4. The number of hydrogen-bond acceptors (Lipinski definition) is 7. The van der Waals surface area contributed by atoms with Crippen LogP contribution in [0.25, 0.3) is 0 Å². The van der Waals surface area contributed by atoms with Gasteiger partial charge >= 0.3 is 17.9 Å². The lowest BCUT2D eigenvalue weighted by Gasteiger charge is -2.19. The van der Waals surface area contributed by atoms with Gasteiger partial charge in [-0.05, 0) is 19.3 Å². The number of amides is 1. The molecular weight excluding hydrogens is 320 g/mol. The van der Waals surface area contributed by atoms with Gasteiger partial charge in [0.2, 0.25) is 5.91 Å².